The smallest absolute Gasteiger partial charge is 0.328 e. The first-order valence-electron chi connectivity index (χ1n) is 35.4. The Bertz CT molecular complexity index is 3980. The predicted octanol–water partition coefficient (Wildman–Crippen LogP) is -3.28. The molecule has 5 aromatic rings. The number of amides is 12. The number of carboxylic acids is 1. The molecule has 12 amide bonds. The Morgan fingerprint density at radius 1 is 0.383 bits per heavy atom. The van der Waals surface area contributed by atoms with Gasteiger partial charge in [-0.2, -0.15) is 0 Å². The van der Waals surface area contributed by atoms with E-state index in [9.17, 15) is 83.1 Å². The first-order valence-corrected chi connectivity index (χ1v) is 35.4. The van der Waals surface area contributed by atoms with Gasteiger partial charge in [0.05, 0.1) is 68.8 Å². The molecular weight excluding hydrogens is 1390 g/mol. The van der Waals surface area contributed by atoms with Gasteiger partial charge < -0.3 is 98.3 Å². The number of nitrogens with zero attached hydrogens (tertiary/aromatic N) is 2. The maximum Gasteiger partial charge on any atom is 0.328 e. The van der Waals surface area contributed by atoms with Gasteiger partial charge in [-0.1, -0.05) is 121 Å². The maximum absolute atomic E-state index is 15.2. The van der Waals surface area contributed by atoms with E-state index in [1.807, 2.05) is 143 Å². The van der Waals surface area contributed by atoms with E-state index in [1.165, 1.54) is 28.0 Å². The zero-order valence-electron chi connectivity index (χ0n) is 58.0. The highest BCUT2D eigenvalue weighted by molar-refractivity contribution is 6.03. The van der Waals surface area contributed by atoms with Crippen LogP contribution in [-0.4, -0.2) is 244 Å². The molecule has 6 fully saturated rings. The van der Waals surface area contributed by atoms with Crippen molar-refractivity contribution in [1.29, 1.82) is 0 Å². The van der Waals surface area contributed by atoms with Crippen molar-refractivity contribution < 1.29 is 97.7 Å². The fourth-order valence-electron chi connectivity index (χ4n) is 13.8. The second-order valence-corrected chi connectivity index (χ2v) is 27.7. The second-order valence-electron chi connectivity index (χ2n) is 27.7. The number of aliphatic hydroxyl groups excluding tert-OH is 5. The van der Waals surface area contributed by atoms with E-state index in [-0.39, 0.29) is 90.9 Å². The summed E-state index contributed by atoms with van der Waals surface area (Å²) < 4.78 is 6.07. The van der Waals surface area contributed by atoms with Crippen LogP contribution in [-0.2, 0) is 52.7 Å². The Labute approximate surface area is 613 Å². The maximum atomic E-state index is 15.2. The van der Waals surface area contributed by atoms with Crippen molar-refractivity contribution in [3.05, 3.63) is 173 Å². The van der Waals surface area contributed by atoms with E-state index < -0.39 is 177 Å². The number of ether oxygens (including phenoxy) is 1. The van der Waals surface area contributed by atoms with E-state index in [0.29, 0.717) is 25.7 Å². The molecule has 16 N–H and O–H groups in total. The third-order valence-corrected chi connectivity index (χ3v) is 20.3. The van der Waals surface area contributed by atoms with Gasteiger partial charge in [0.2, 0.25) is 53.2 Å². The van der Waals surface area contributed by atoms with Crippen molar-refractivity contribution in [2.45, 2.75) is 104 Å². The van der Waals surface area contributed by atoms with Crippen LogP contribution in [0.4, 0.5) is 0 Å². The molecule has 0 radical (unpaired) electrons. The van der Waals surface area contributed by atoms with Gasteiger partial charge in [-0.3, -0.25) is 57.5 Å². The Hall–Kier alpha value is -11.2. The lowest BCUT2D eigenvalue weighted by molar-refractivity contribution is -0.143. The normalized spacial score (nSPS) is 24.2. The zero-order valence-corrected chi connectivity index (χ0v) is 58.0. The van der Waals surface area contributed by atoms with Gasteiger partial charge in [0.25, 0.3) is 17.7 Å². The van der Waals surface area contributed by atoms with Crippen LogP contribution in [0, 0.1) is 23.7 Å². The molecule has 0 unspecified atom stereocenters. The standard InChI is InChI=1S/C75H86N12O20/c88-33-57(69(99)82-58(34-89)70(100)83-59(35-90)71(101)84-60(36-91)72(102)85-61(37-92)75(105)106)77-63(93)28-76-64(94)38-107-62-23-43(73(103)86-29-49(65(95)78-53-24-45(53)39-13-5-1-6-14-39)50(30-86)66(96)79-54-25-46(54)40-15-7-2-8-16-40)21-22-44(62)74(104)87-31-51(67(97)80-55-26-47(55)41-17-9-3-10-18-41)52(32-87)68(98)81-56-27-48(56)42-19-11-4-12-20-42/h1-23,45-61,88-92H,24-38H2,(H,76,94)(H,77,93)(H,78,95)(H,79,96)(H,80,97)(H,81,98)(H,82,99)(H,83,100)(H,84,101)(H,85,102)(H,105,106)/t45-,46-,47-,48-,49-,50-,51-,52-,53+,54+,55+,56+,57+,58+,59+,60+,61+/m1/s1. The fourth-order valence-corrected chi connectivity index (χ4v) is 13.8. The number of likely N-dealkylation sites (tertiary alicyclic amines) is 2. The highest BCUT2D eigenvalue weighted by Gasteiger charge is 2.52. The van der Waals surface area contributed by atoms with E-state index in [2.05, 4.69) is 31.9 Å². The van der Waals surface area contributed by atoms with E-state index in [4.69, 9.17) is 9.84 Å². The van der Waals surface area contributed by atoms with Crippen LogP contribution in [0.15, 0.2) is 140 Å². The summed E-state index contributed by atoms with van der Waals surface area (Å²) in [6, 6.07) is 32.1. The molecule has 32 nitrogen and oxygen atoms in total. The number of carbonyl (C=O) groups is 13. The SMILES string of the molecule is O=C(COc1cc(C(=O)N2C[C@@H](C(=O)N[C@H]3C[C@@H]3c3ccccc3)[C@H](C(=O)N[C@H]3C[C@@H]3c3ccccc3)C2)ccc1C(=O)N1C[C@@H](C(=O)N[C@H]2C[C@@H]2c2ccccc2)[C@H](C(=O)N[C@H]2C[C@@H]2c2ccccc2)C1)NCC(=O)N[C@@H](CO)C(=O)N[C@@H](CO)C(=O)N[C@@H](CO)C(=O)N[C@@H](CO)C(=O)N[C@@H](CO)C(=O)O. The molecule has 4 aliphatic carbocycles. The Kier molecular flexibility index (Phi) is 25.0. The average Bonchev–Trinajstić information content (AvgIpc) is 1.66. The molecule has 4 saturated carbocycles. The molecule has 17 atom stereocenters. The minimum atomic E-state index is -1.94. The van der Waals surface area contributed by atoms with Gasteiger partial charge in [-0.25, -0.2) is 4.79 Å². The lowest BCUT2D eigenvalue weighted by atomic mass is 9.94. The number of aliphatic hydroxyl groups is 5. The van der Waals surface area contributed by atoms with Crippen LogP contribution in [0.3, 0.4) is 0 Å². The number of rotatable bonds is 34. The summed E-state index contributed by atoms with van der Waals surface area (Å²) in [5.74, 6) is -16.3. The molecule has 107 heavy (non-hydrogen) atoms. The van der Waals surface area contributed by atoms with Crippen molar-refractivity contribution in [3.8, 4) is 5.75 Å². The summed E-state index contributed by atoms with van der Waals surface area (Å²) in [6.45, 7) is -8.34. The van der Waals surface area contributed by atoms with Crippen LogP contribution in [0.2, 0.25) is 0 Å². The van der Waals surface area contributed by atoms with Gasteiger partial charge in [-0.15, -0.1) is 0 Å². The molecule has 0 spiro atoms. The third kappa shape index (κ3) is 19.3. The first kappa shape index (κ1) is 76.9. The number of benzene rings is 5. The summed E-state index contributed by atoms with van der Waals surface area (Å²) in [4.78, 5) is 181. The molecular formula is C75H86N12O20. The summed E-state index contributed by atoms with van der Waals surface area (Å²) in [6.07, 6.45) is 2.65. The highest BCUT2D eigenvalue weighted by Crippen LogP contribution is 2.45. The molecule has 2 saturated heterocycles. The van der Waals surface area contributed by atoms with Crippen molar-refractivity contribution in [3.63, 3.8) is 0 Å². The topological polar surface area (TPSA) is 479 Å². The Morgan fingerprint density at radius 3 is 1.01 bits per heavy atom. The summed E-state index contributed by atoms with van der Waals surface area (Å²) in [5.41, 5.74) is 3.83. The number of carbonyl (C=O) groups excluding carboxylic acids is 12. The molecule has 2 aliphatic heterocycles. The van der Waals surface area contributed by atoms with Gasteiger partial charge in [-0.05, 0) is 66.1 Å². The summed E-state index contributed by atoms with van der Waals surface area (Å²) in [7, 11) is 0. The van der Waals surface area contributed by atoms with Crippen LogP contribution < -0.4 is 57.9 Å². The van der Waals surface area contributed by atoms with Crippen molar-refractivity contribution in [1.82, 2.24) is 63.0 Å². The Balaban J connectivity index is 0.781. The van der Waals surface area contributed by atoms with E-state index in [1.54, 1.807) is 0 Å². The molecule has 11 rings (SSSR count). The first-order chi connectivity index (χ1) is 51.6. The van der Waals surface area contributed by atoms with Gasteiger partial charge in [0.15, 0.2) is 6.61 Å². The molecule has 566 valence electrons. The minimum absolute atomic E-state index is 0.0330. The number of carboxylic acid groups (broad SMARTS) is 1. The third-order valence-electron chi connectivity index (χ3n) is 20.3. The number of hydrogen-bond acceptors (Lipinski definition) is 19. The molecule has 0 aromatic heterocycles. The van der Waals surface area contributed by atoms with Crippen LogP contribution in [0.5, 0.6) is 5.75 Å². The highest BCUT2D eigenvalue weighted by atomic mass is 16.5. The van der Waals surface area contributed by atoms with Crippen molar-refractivity contribution >= 4 is 76.9 Å². The molecule has 5 aromatic carbocycles. The van der Waals surface area contributed by atoms with Gasteiger partial charge >= 0.3 is 5.97 Å². The predicted molar refractivity (Wildman–Crippen MR) is 376 cm³/mol. The van der Waals surface area contributed by atoms with E-state index >= 15 is 4.79 Å². The number of aliphatic carboxylic acids is 1. The van der Waals surface area contributed by atoms with Crippen LogP contribution in [0.25, 0.3) is 0 Å². The van der Waals surface area contributed by atoms with Crippen molar-refractivity contribution in [2.24, 2.45) is 23.7 Å². The largest absolute Gasteiger partial charge is 0.483 e. The molecule has 0 bridgehead atoms. The van der Waals surface area contributed by atoms with Crippen molar-refractivity contribution in [2.75, 3.05) is 72.4 Å². The van der Waals surface area contributed by atoms with Crippen LogP contribution in [0.1, 0.15) is 92.3 Å². The summed E-state index contributed by atoms with van der Waals surface area (Å²) >= 11 is 0. The lowest BCUT2D eigenvalue weighted by Crippen LogP contribution is -2.61. The molecule has 6 aliphatic rings. The Morgan fingerprint density at radius 2 is 0.692 bits per heavy atom. The number of nitrogens with one attached hydrogen (secondary N) is 10. The number of hydrogen-bond donors (Lipinski definition) is 16. The second kappa shape index (κ2) is 34.8. The lowest BCUT2D eigenvalue weighted by Gasteiger charge is -2.24. The minimum Gasteiger partial charge on any atom is -0.483 e. The molecule has 2 heterocycles. The fraction of sp³-hybridized carbons (Fsp3) is 0.427. The van der Waals surface area contributed by atoms with E-state index in [0.717, 1.165) is 22.3 Å². The summed E-state index contributed by atoms with van der Waals surface area (Å²) in [5, 5.41) is 83.0. The van der Waals surface area contributed by atoms with Gasteiger partial charge in [0, 0.05) is 79.6 Å². The molecule has 32 heteroatoms. The average molecular weight is 1480 g/mol. The quantitative estimate of drug-likeness (QED) is 0.0192. The monoisotopic (exact) mass is 1470 g/mol. The zero-order chi connectivity index (χ0) is 76.2. The van der Waals surface area contributed by atoms with Crippen LogP contribution >= 0.6 is 0 Å². The van der Waals surface area contributed by atoms with Gasteiger partial charge in [0.1, 0.15) is 36.0 Å².